The lowest BCUT2D eigenvalue weighted by atomic mass is 10.0. The highest BCUT2D eigenvalue weighted by Crippen LogP contribution is 2.38. The fourth-order valence-electron chi connectivity index (χ4n) is 5.10. The summed E-state index contributed by atoms with van der Waals surface area (Å²) >= 11 is 0. The van der Waals surface area contributed by atoms with Gasteiger partial charge in [-0.3, -0.25) is 9.78 Å². The SMILES string of the molecule is CCN1C(=O)c2cnc(Nc3cc(N[C@H](CO)c4ccccc4)c(-c4nnc(-c5cccnc5)o4)cn3)nc2C1(C)C. The fourth-order valence-corrected chi connectivity index (χ4v) is 5.10. The molecule has 3 N–H and O–H groups in total. The minimum Gasteiger partial charge on any atom is -0.416 e. The summed E-state index contributed by atoms with van der Waals surface area (Å²) in [5, 5.41) is 25.3. The van der Waals surface area contributed by atoms with E-state index < -0.39 is 11.6 Å². The number of fused-ring (bicyclic) bond motifs is 1. The molecule has 1 aliphatic rings. The third kappa shape index (κ3) is 4.92. The average Bonchev–Trinajstić information content (AvgIpc) is 3.57. The third-order valence-corrected chi connectivity index (χ3v) is 7.26. The Morgan fingerprint density at radius 3 is 2.52 bits per heavy atom. The van der Waals surface area contributed by atoms with Crippen LogP contribution < -0.4 is 10.6 Å². The molecule has 0 unspecified atom stereocenters. The maximum absolute atomic E-state index is 12.8. The van der Waals surface area contributed by atoms with Gasteiger partial charge in [-0.1, -0.05) is 30.3 Å². The van der Waals surface area contributed by atoms with Crippen LogP contribution >= 0.6 is 0 Å². The van der Waals surface area contributed by atoms with Crippen LogP contribution in [0.4, 0.5) is 17.5 Å². The Labute approximate surface area is 241 Å². The largest absolute Gasteiger partial charge is 0.416 e. The van der Waals surface area contributed by atoms with Gasteiger partial charge in [0.15, 0.2) is 0 Å². The number of hydrogen-bond donors (Lipinski definition) is 3. The first kappa shape index (κ1) is 27.0. The van der Waals surface area contributed by atoms with Crippen LogP contribution in [-0.4, -0.2) is 59.2 Å². The first-order valence-corrected chi connectivity index (χ1v) is 13.5. The lowest BCUT2D eigenvalue weighted by molar-refractivity contribution is 0.0631. The molecule has 1 atom stereocenters. The summed E-state index contributed by atoms with van der Waals surface area (Å²) in [6, 6.07) is 14.6. The summed E-state index contributed by atoms with van der Waals surface area (Å²) in [7, 11) is 0. The maximum atomic E-state index is 12.8. The Morgan fingerprint density at radius 1 is 1.00 bits per heavy atom. The smallest absolute Gasteiger partial charge is 0.258 e. The molecular formula is C30H29N9O3. The van der Waals surface area contributed by atoms with E-state index in [9.17, 15) is 9.90 Å². The highest BCUT2D eigenvalue weighted by molar-refractivity contribution is 5.99. The van der Waals surface area contributed by atoms with Gasteiger partial charge in [0.25, 0.3) is 11.8 Å². The topological polar surface area (TPSA) is 155 Å². The van der Waals surface area contributed by atoms with Crippen LogP contribution in [0.3, 0.4) is 0 Å². The van der Waals surface area contributed by atoms with Crippen molar-refractivity contribution in [2.75, 3.05) is 23.8 Å². The summed E-state index contributed by atoms with van der Waals surface area (Å²) in [5.74, 6) is 1.22. The molecule has 0 aliphatic carbocycles. The molecule has 5 aromatic rings. The Hall–Kier alpha value is -5.23. The molecule has 0 saturated carbocycles. The van der Waals surface area contributed by atoms with E-state index in [4.69, 9.17) is 4.42 Å². The molecule has 1 aromatic carbocycles. The van der Waals surface area contributed by atoms with Crippen LogP contribution in [0.25, 0.3) is 22.9 Å². The summed E-state index contributed by atoms with van der Waals surface area (Å²) in [5.41, 5.74) is 3.29. The standard InChI is InChI=1S/C30H29N9O3/c1-4-39-28(41)21-16-33-29(36-25(21)30(39,2)3)35-24-13-22(34-23(17-40)18-9-6-5-7-10-18)20(15-32-24)27-38-37-26(42-27)19-11-8-12-31-14-19/h5-16,23,40H,4,17H2,1-3H3,(H2,32,33,34,35,36)/t23-/m1/s1. The van der Waals surface area contributed by atoms with E-state index in [1.807, 2.05) is 57.2 Å². The minimum absolute atomic E-state index is 0.0841. The van der Waals surface area contributed by atoms with Gasteiger partial charge in [-0.2, -0.15) is 0 Å². The zero-order valence-corrected chi connectivity index (χ0v) is 23.3. The van der Waals surface area contributed by atoms with Crippen molar-refractivity contribution in [3.05, 3.63) is 90.1 Å². The van der Waals surface area contributed by atoms with E-state index in [1.54, 1.807) is 41.8 Å². The van der Waals surface area contributed by atoms with E-state index in [1.165, 1.54) is 0 Å². The highest BCUT2D eigenvalue weighted by Gasteiger charge is 2.44. The Balaban J connectivity index is 1.36. The van der Waals surface area contributed by atoms with Gasteiger partial charge in [0.2, 0.25) is 11.8 Å². The summed E-state index contributed by atoms with van der Waals surface area (Å²) in [6.45, 7) is 6.28. The van der Waals surface area contributed by atoms with E-state index in [-0.39, 0.29) is 18.4 Å². The molecule has 6 rings (SSSR count). The number of benzene rings is 1. The number of carbonyl (C=O) groups excluding carboxylic acids is 1. The second-order valence-corrected chi connectivity index (χ2v) is 10.2. The zero-order valence-electron chi connectivity index (χ0n) is 23.3. The number of hydrogen-bond acceptors (Lipinski definition) is 11. The predicted molar refractivity (Wildman–Crippen MR) is 156 cm³/mol. The van der Waals surface area contributed by atoms with E-state index in [0.29, 0.717) is 52.3 Å². The number of carbonyl (C=O) groups is 1. The highest BCUT2D eigenvalue weighted by atomic mass is 16.4. The molecule has 0 spiro atoms. The van der Waals surface area contributed by atoms with Gasteiger partial charge < -0.3 is 25.1 Å². The molecule has 0 bridgehead atoms. The molecule has 12 heteroatoms. The van der Waals surface area contributed by atoms with Crippen molar-refractivity contribution in [3.8, 4) is 22.9 Å². The van der Waals surface area contributed by atoms with Gasteiger partial charge in [-0.25, -0.2) is 15.0 Å². The molecule has 0 fully saturated rings. The lowest BCUT2D eigenvalue weighted by Crippen LogP contribution is -2.39. The number of nitrogens with zero attached hydrogens (tertiary/aromatic N) is 7. The summed E-state index contributed by atoms with van der Waals surface area (Å²) in [4.78, 5) is 32.4. The van der Waals surface area contributed by atoms with Crippen molar-refractivity contribution >= 4 is 23.4 Å². The number of rotatable bonds is 9. The van der Waals surface area contributed by atoms with Gasteiger partial charge in [0, 0.05) is 37.4 Å². The molecule has 212 valence electrons. The number of aliphatic hydroxyl groups is 1. The second-order valence-electron chi connectivity index (χ2n) is 10.2. The van der Waals surface area contributed by atoms with Gasteiger partial charge in [0.1, 0.15) is 5.82 Å². The molecule has 1 amide bonds. The molecule has 4 aromatic heterocycles. The lowest BCUT2D eigenvalue weighted by Gasteiger charge is -2.30. The third-order valence-electron chi connectivity index (χ3n) is 7.26. The number of amides is 1. The molecule has 1 aliphatic heterocycles. The summed E-state index contributed by atoms with van der Waals surface area (Å²) < 4.78 is 5.99. The van der Waals surface area contributed by atoms with Gasteiger partial charge in [-0.15, -0.1) is 10.2 Å². The van der Waals surface area contributed by atoms with Crippen LogP contribution in [0.5, 0.6) is 0 Å². The minimum atomic E-state index is -0.571. The normalized spacial score (nSPS) is 14.5. The van der Waals surface area contributed by atoms with Gasteiger partial charge in [-0.05, 0) is 38.5 Å². The molecule has 42 heavy (non-hydrogen) atoms. The predicted octanol–water partition coefficient (Wildman–Crippen LogP) is 4.58. The van der Waals surface area contributed by atoms with Crippen LogP contribution in [0.1, 0.15) is 48.4 Å². The molecule has 12 nitrogen and oxygen atoms in total. The van der Waals surface area contributed by atoms with Crippen molar-refractivity contribution in [2.45, 2.75) is 32.4 Å². The second kappa shape index (κ2) is 11.0. The number of aliphatic hydroxyl groups excluding tert-OH is 1. The number of pyridine rings is 2. The van der Waals surface area contributed by atoms with Crippen LogP contribution in [0.15, 0.2) is 77.7 Å². The van der Waals surface area contributed by atoms with E-state index in [2.05, 4.69) is 40.8 Å². The molecular weight excluding hydrogens is 534 g/mol. The number of nitrogens with one attached hydrogen (secondary N) is 2. The average molecular weight is 564 g/mol. The zero-order chi connectivity index (χ0) is 29.3. The Bertz CT molecular complexity index is 1730. The van der Waals surface area contributed by atoms with Gasteiger partial charge in [0.05, 0.1) is 46.3 Å². The quantitative estimate of drug-likeness (QED) is 0.231. The monoisotopic (exact) mass is 563 g/mol. The van der Waals surface area contributed by atoms with Gasteiger partial charge >= 0.3 is 0 Å². The van der Waals surface area contributed by atoms with Crippen LogP contribution in [0.2, 0.25) is 0 Å². The number of anilines is 3. The molecule has 5 heterocycles. The van der Waals surface area contributed by atoms with E-state index >= 15 is 0 Å². The van der Waals surface area contributed by atoms with Crippen LogP contribution in [0, 0.1) is 0 Å². The molecule has 0 radical (unpaired) electrons. The van der Waals surface area contributed by atoms with Crippen molar-refractivity contribution in [1.82, 2.24) is 35.0 Å². The first-order valence-electron chi connectivity index (χ1n) is 13.5. The Morgan fingerprint density at radius 2 is 1.79 bits per heavy atom. The maximum Gasteiger partial charge on any atom is 0.258 e. The Kier molecular flexibility index (Phi) is 7.05. The summed E-state index contributed by atoms with van der Waals surface area (Å²) in [6.07, 6.45) is 6.46. The van der Waals surface area contributed by atoms with Crippen LogP contribution in [-0.2, 0) is 5.54 Å². The van der Waals surface area contributed by atoms with E-state index in [0.717, 1.165) is 5.56 Å². The number of aromatic nitrogens is 6. The van der Waals surface area contributed by atoms with Crippen molar-refractivity contribution in [1.29, 1.82) is 0 Å². The van der Waals surface area contributed by atoms with Crippen molar-refractivity contribution in [3.63, 3.8) is 0 Å². The van der Waals surface area contributed by atoms with Crippen molar-refractivity contribution < 1.29 is 14.3 Å². The fraction of sp³-hybridized carbons (Fsp3) is 0.233. The molecule has 0 saturated heterocycles. The first-order chi connectivity index (χ1) is 20.4. The van der Waals surface area contributed by atoms with Crippen molar-refractivity contribution in [2.24, 2.45) is 0 Å².